The van der Waals surface area contributed by atoms with Gasteiger partial charge in [-0.05, 0) is 64.5 Å². The van der Waals surface area contributed by atoms with Crippen molar-refractivity contribution in [2.45, 2.75) is 38.3 Å². The minimum atomic E-state index is 0.0664. The molecule has 1 saturated heterocycles. The number of anilines is 4. The molecule has 2 aromatic rings. The quantitative estimate of drug-likeness (QED) is 0.0728. The van der Waals surface area contributed by atoms with Crippen LogP contribution in [0, 0.1) is 17.3 Å². The average Bonchev–Trinajstić information content (AvgIpc) is 3.43. The number of carbonyl (C=O) groups is 1. The van der Waals surface area contributed by atoms with Crippen LogP contribution in [0.1, 0.15) is 43.2 Å². The van der Waals surface area contributed by atoms with Crippen molar-refractivity contribution >= 4 is 35.3 Å². The molecule has 1 aliphatic heterocycles. The zero-order valence-electron chi connectivity index (χ0n) is 24.4. The van der Waals surface area contributed by atoms with Crippen LogP contribution < -0.4 is 21.7 Å². The van der Waals surface area contributed by atoms with E-state index in [9.17, 15) is 4.79 Å². The Labute approximate surface area is 243 Å². The third kappa shape index (κ3) is 10.5. The summed E-state index contributed by atoms with van der Waals surface area (Å²) in [6, 6.07) is 5.34. The third-order valence-electron chi connectivity index (χ3n) is 6.45. The number of nitrogens with two attached hydrogens (primary N) is 1. The minimum absolute atomic E-state index is 0.0664. The number of benzene rings is 1. The number of aromatic nitrogens is 2. The molecule has 1 aliphatic rings. The first-order chi connectivity index (χ1) is 19.9. The van der Waals surface area contributed by atoms with E-state index in [1.54, 1.807) is 31.5 Å². The molecule has 1 aromatic carbocycles. The highest BCUT2D eigenvalue weighted by molar-refractivity contribution is 5.88. The standard InChI is InChI=1S/C30H43N9O2/c1-38(2)17-8-12-28(40)39-18-7-11-27(39)33-15-6-4-5-10-23-22-35-30(37-29(23)34-16-9-19-41-3)36-25-13-14-26(32)24(20-25)21-31/h8,12-14,20-22,27,31,33H,4,6-7,9,11,15-19,32H2,1-3H3,(H2,34,35,36,37)/b12-8+,31-21?/t27-/m0/s1. The third-order valence-corrected chi connectivity index (χ3v) is 6.45. The number of amides is 1. The van der Waals surface area contributed by atoms with Crippen molar-refractivity contribution in [1.82, 2.24) is 25.1 Å². The molecule has 220 valence electrons. The molecule has 0 radical (unpaired) electrons. The minimum Gasteiger partial charge on any atom is -0.398 e. The van der Waals surface area contributed by atoms with E-state index in [1.165, 1.54) is 6.21 Å². The lowest BCUT2D eigenvalue weighted by molar-refractivity contribution is -0.127. The maximum atomic E-state index is 12.6. The van der Waals surface area contributed by atoms with Crippen molar-refractivity contribution in [1.29, 1.82) is 5.41 Å². The first kappa shape index (κ1) is 31.5. The fourth-order valence-corrected chi connectivity index (χ4v) is 4.30. The SMILES string of the molecule is COCCCNc1nc(Nc2ccc(N)c(C=N)c2)ncc1C#CCCCN[C@@H]1CCCN1C(=O)/C=C/CN(C)C. The van der Waals surface area contributed by atoms with Gasteiger partial charge in [-0.3, -0.25) is 10.1 Å². The van der Waals surface area contributed by atoms with Crippen LogP contribution in [-0.4, -0.2) is 92.0 Å². The molecule has 1 fully saturated rings. The number of likely N-dealkylation sites (N-methyl/N-ethyl adjacent to an activating group) is 1. The number of rotatable bonds is 15. The van der Waals surface area contributed by atoms with Crippen LogP contribution >= 0.6 is 0 Å². The summed E-state index contributed by atoms with van der Waals surface area (Å²) in [4.78, 5) is 25.6. The molecule has 0 saturated carbocycles. The Kier molecular flexibility index (Phi) is 13.1. The van der Waals surface area contributed by atoms with Crippen LogP contribution in [0.5, 0.6) is 0 Å². The van der Waals surface area contributed by atoms with E-state index < -0.39 is 0 Å². The highest BCUT2D eigenvalue weighted by atomic mass is 16.5. The summed E-state index contributed by atoms with van der Waals surface area (Å²) in [6.07, 6.45) is 11.0. The molecule has 1 amide bonds. The second-order valence-electron chi connectivity index (χ2n) is 10.1. The number of unbranched alkanes of at least 4 members (excludes halogenated alkanes) is 1. The molecule has 41 heavy (non-hydrogen) atoms. The molecule has 1 aromatic heterocycles. The highest BCUT2D eigenvalue weighted by Crippen LogP contribution is 2.21. The number of carbonyl (C=O) groups excluding carboxylic acids is 1. The van der Waals surface area contributed by atoms with Gasteiger partial charge in [0.25, 0.3) is 0 Å². The average molecular weight is 562 g/mol. The van der Waals surface area contributed by atoms with Gasteiger partial charge in [-0.15, -0.1) is 0 Å². The Balaban J connectivity index is 1.56. The van der Waals surface area contributed by atoms with Gasteiger partial charge in [-0.2, -0.15) is 4.98 Å². The van der Waals surface area contributed by atoms with Gasteiger partial charge in [-0.1, -0.05) is 17.9 Å². The lowest BCUT2D eigenvalue weighted by atomic mass is 10.2. The molecule has 2 heterocycles. The topological polar surface area (TPSA) is 145 Å². The van der Waals surface area contributed by atoms with Crippen LogP contribution in [-0.2, 0) is 9.53 Å². The summed E-state index contributed by atoms with van der Waals surface area (Å²) in [7, 11) is 5.64. The fourth-order valence-electron chi connectivity index (χ4n) is 4.30. The highest BCUT2D eigenvalue weighted by Gasteiger charge is 2.26. The van der Waals surface area contributed by atoms with Gasteiger partial charge in [0.1, 0.15) is 5.82 Å². The van der Waals surface area contributed by atoms with Gasteiger partial charge in [0.15, 0.2) is 0 Å². The van der Waals surface area contributed by atoms with Crippen LogP contribution in [0.2, 0.25) is 0 Å². The number of nitrogens with zero attached hydrogens (tertiary/aromatic N) is 4. The summed E-state index contributed by atoms with van der Waals surface area (Å²) in [5.74, 6) is 7.58. The first-order valence-electron chi connectivity index (χ1n) is 14.0. The zero-order chi connectivity index (χ0) is 29.5. The molecule has 1 atom stereocenters. The zero-order valence-corrected chi connectivity index (χ0v) is 24.4. The molecule has 0 unspecified atom stereocenters. The van der Waals surface area contributed by atoms with Gasteiger partial charge in [0, 0.05) is 69.0 Å². The molecular formula is C30H43N9O2. The van der Waals surface area contributed by atoms with E-state index in [0.717, 1.165) is 56.6 Å². The second-order valence-corrected chi connectivity index (χ2v) is 10.1. The molecule has 6 N–H and O–H groups in total. The fraction of sp³-hybridized carbons (Fsp3) is 0.467. The van der Waals surface area contributed by atoms with Crippen molar-refractivity contribution in [2.24, 2.45) is 0 Å². The lowest BCUT2D eigenvalue weighted by Gasteiger charge is -2.24. The smallest absolute Gasteiger partial charge is 0.247 e. The molecule has 0 aliphatic carbocycles. The number of likely N-dealkylation sites (tertiary alicyclic amines) is 1. The van der Waals surface area contributed by atoms with Crippen LogP contribution in [0.4, 0.5) is 23.1 Å². The van der Waals surface area contributed by atoms with Gasteiger partial charge in [0.05, 0.1) is 17.9 Å². The van der Waals surface area contributed by atoms with Gasteiger partial charge < -0.3 is 36.3 Å². The Morgan fingerprint density at radius 3 is 2.95 bits per heavy atom. The second kappa shape index (κ2) is 17.0. The molecule has 11 nitrogen and oxygen atoms in total. The normalized spacial score (nSPS) is 14.7. The van der Waals surface area contributed by atoms with E-state index in [0.29, 0.717) is 42.6 Å². The van der Waals surface area contributed by atoms with Gasteiger partial charge >= 0.3 is 0 Å². The van der Waals surface area contributed by atoms with Crippen molar-refractivity contribution in [3.05, 3.63) is 47.7 Å². The van der Waals surface area contributed by atoms with Crippen molar-refractivity contribution in [3.63, 3.8) is 0 Å². The van der Waals surface area contributed by atoms with E-state index >= 15 is 0 Å². The van der Waals surface area contributed by atoms with Crippen LogP contribution in [0.3, 0.4) is 0 Å². The van der Waals surface area contributed by atoms with E-state index in [4.69, 9.17) is 15.9 Å². The van der Waals surface area contributed by atoms with E-state index in [2.05, 4.69) is 37.8 Å². The monoisotopic (exact) mass is 561 g/mol. The van der Waals surface area contributed by atoms with Gasteiger partial charge in [0.2, 0.25) is 11.9 Å². The van der Waals surface area contributed by atoms with Crippen molar-refractivity contribution < 1.29 is 9.53 Å². The predicted octanol–water partition coefficient (Wildman–Crippen LogP) is 3.04. The lowest BCUT2D eigenvalue weighted by Crippen LogP contribution is -2.44. The van der Waals surface area contributed by atoms with Crippen LogP contribution in [0.15, 0.2) is 36.5 Å². The summed E-state index contributed by atoms with van der Waals surface area (Å²) in [6.45, 7) is 3.65. The number of hydrogen-bond donors (Lipinski definition) is 5. The molecule has 0 bridgehead atoms. The number of hydrogen-bond acceptors (Lipinski definition) is 10. The summed E-state index contributed by atoms with van der Waals surface area (Å²) in [5.41, 5.74) is 8.51. The van der Waals surface area contributed by atoms with E-state index in [1.807, 2.05) is 36.0 Å². The predicted molar refractivity (Wildman–Crippen MR) is 166 cm³/mol. The number of methoxy groups -OCH3 is 1. The van der Waals surface area contributed by atoms with Crippen LogP contribution in [0.25, 0.3) is 0 Å². The number of nitrogen functional groups attached to an aromatic ring is 1. The maximum absolute atomic E-state index is 12.6. The molecule has 0 spiro atoms. The Morgan fingerprint density at radius 2 is 2.17 bits per heavy atom. The number of ether oxygens (including phenoxy) is 1. The van der Waals surface area contributed by atoms with Crippen molar-refractivity contribution in [3.8, 4) is 11.8 Å². The summed E-state index contributed by atoms with van der Waals surface area (Å²) < 4.78 is 5.15. The largest absolute Gasteiger partial charge is 0.398 e. The number of nitrogens with one attached hydrogen (secondary N) is 4. The van der Waals surface area contributed by atoms with Crippen molar-refractivity contribution in [2.75, 3.05) is 70.4 Å². The molecule has 11 heteroatoms. The van der Waals surface area contributed by atoms with E-state index in [-0.39, 0.29) is 12.1 Å². The van der Waals surface area contributed by atoms with Gasteiger partial charge in [-0.25, -0.2) is 4.98 Å². The molecular weight excluding hydrogens is 518 g/mol. The first-order valence-corrected chi connectivity index (χ1v) is 14.0. The maximum Gasteiger partial charge on any atom is 0.247 e. The Bertz CT molecular complexity index is 1240. The summed E-state index contributed by atoms with van der Waals surface area (Å²) >= 11 is 0. The molecule has 3 rings (SSSR count). The Morgan fingerprint density at radius 1 is 1.32 bits per heavy atom. The summed E-state index contributed by atoms with van der Waals surface area (Å²) in [5, 5.41) is 17.6. The Hall–Kier alpha value is -3.98.